The number of anilines is 1. The van der Waals surface area contributed by atoms with E-state index in [4.69, 9.17) is 5.73 Å². The first-order valence-corrected chi connectivity index (χ1v) is 10.3. The molecule has 144 valence electrons. The van der Waals surface area contributed by atoms with Crippen LogP contribution in [0.5, 0.6) is 0 Å². The molecule has 2 aliphatic heterocycles. The fourth-order valence-corrected chi connectivity index (χ4v) is 3.94. The van der Waals surface area contributed by atoms with Crippen molar-refractivity contribution in [2.75, 3.05) is 57.3 Å². The zero-order valence-corrected chi connectivity index (χ0v) is 16.4. The summed E-state index contributed by atoms with van der Waals surface area (Å²) in [5.41, 5.74) is 8.89. The summed E-state index contributed by atoms with van der Waals surface area (Å²) in [6, 6.07) is 8.83. The topological polar surface area (TPSA) is 48.1 Å². The lowest BCUT2D eigenvalue weighted by Gasteiger charge is -2.36. The summed E-state index contributed by atoms with van der Waals surface area (Å²) in [5.74, 6) is 0.760. The van der Waals surface area contributed by atoms with E-state index in [1.165, 1.54) is 36.9 Å². The zero-order valence-electron chi connectivity index (χ0n) is 16.4. The van der Waals surface area contributed by atoms with E-state index in [0.29, 0.717) is 0 Å². The third kappa shape index (κ3) is 5.63. The van der Waals surface area contributed by atoms with Crippen LogP contribution in [-0.2, 0) is 0 Å². The summed E-state index contributed by atoms with van der Waals surface area (Å²) in [4.78, 5) is 12.0. The van der Waals surface area contributed by atoms with Gasteiger partial charge in [-0.3, -0.25) is 9.89 Å². The van der Waals surface area contributed by atoms with E-state index in [2.05, 4.69) is 50.9 Å². The molecule has 2 heterocycles. The van der Waals surface area contributed by atoms with E-state index < -0.39 is 0 Å². The molecular weight excluding hydrogens is 322 g/mol. The number of guanidine groups is 1. The molecule has 1 aromatic rings. The maximum absolute atomic E-state index is 6.19. The SMILES string of the molecule is Cc1cccc(N2CCN(CCCN=C(N)N3CCCCCC3)CC2)c1. The smallest absolute Gasteiger partial charge is 0.191 e. The molecule has 2 saturated heterocycles. The largest absolute Gasteiger partial charge is 0.370 e. The molecule has 2 fully saturated rings. The maximum atomic E-state index is 6.19. The first-order chi connectivity index (χ1) is 12.7. The molecule has 0 spiro atoms. The summed E-state index contributed by atoms with van der Waals surface area (Å²) in [6.07, 6.45) is 6.26. The molecular formula is C21H35N5. The van der Waals surface area contributed by atoms with Crippen LogP contribution >= 0.6 is 0 Å². The molecule has 5 heteroatoms. The summed E-state index contributed by atoms with van der Waals surface area (Å²) in [7, 11) is 0. The number of hydrogen-bond donors (Lipinski definition) is 1. The highest BCUT2D eigenvalue weighted by Crippen LogP contribution is 2.17. The number of piperazine rings is 1. The standard InChI is InChI=1S/C21H35N5/c1-19-8-6-9-20(18-19)25-16-14-24(15-17-25)11-7-10-23-21(22)26-12-4-2-3-5-13-26/h6,8-9,18H,2-5,7,10-17H2,1H3,(H2,22,23). The molecule has 2 N–H and O–H groups in total. The Morgan fingerprint density at radius 3 is 2.42 bits per heavy atom. The Morgan fingerprint density at radius 1 is 1.00 bits per heavy atom. The molecule has 0 bridgehead atoms. The van der Waals surface area contributed by atoms with Gasteiger partial charge >= 0.3 is 0 Å². The van der Waals surface area contributed by atoms with Crippen molar-refractivity contribution in [2.45, 2.75) is 39.0 Å². The molecule has 0 aromatic heterocycles. The van der Waals surface area contributed by atoms with Gasteiger partial charge in [0.2, 0.25) is 0 Å². The van der Waals surface area contributed by atoms with Gasteiger partial charge in [0.15, 0.2) is 5.96 Å². The van der Waals surface area contributed by atoms with Crippen LogP contribution in [0.25, 0.3) is 0 Å². The first-order valence-electron chi connectivity index (χ1n) is 10.3. The second-order valence-corrected chi connectivity index (χ2v) is 7.66. The number of rotatable bonds is 5. The fourth-order valence-electron chi connectivity index (χ4n) is 3.94. The molecule has 0 saturated carbocycles. The average Bonchev–Trinajstić information content (AvgIpc) is 2.95. The molecule has 3 rings (SSSR count). The molecule has 0 aliphatic carbocycles. The Labute approximate surface area is 158 Å². The molecule has 5 nitrogen and oxygen atoms in total. The van der Waals surface area contributed by atoms with Crippen molar-refractivity contribution >= 4 is 11.6 Å². The van der Waals surface area contributed by atoms with Crippen LogP contribution in [0.15, 0.2) is 29.3 Å². The van der Waals surface area contributed by atoms with Crippen LogP contribution in [0.4, 0.5) is 5.69 Å². The maximum Gasteiger partial charge on any atom is 0.191 e. The van der Waals surface area contributed by atoms with Gasteiger partial charge in [0.1, 0.15) is 0 Å². The summed E-state index contributed by atoms with van der Waals surface area (Å²) in [6.45, 7) is 10.8. The number of benzene rings is 1. The number of hydrogen-bond acceptors (Lipinski definition) is 3. The Morgan fingerprint density at radius 2 is 1.73 bits per heavy atom. The van der Waals surface area contributed by atoms with Gasteiger partial charge in [-0.25, -0.2) is 0 Å². The molecule has 26 heavy (non-hydrogen) atoms. The van der Waals surface area contributed by atoms with Crippen LogP contribution in [0, 0.1) is 6.92 Å². The molecule has 0 radical (unpaired) electrons. The van der Waals surface area contributed by atoms with Crippen molar-refractivity contribution in [3.05, 3.63) is 29.8 Å². The molecule has 2 aliphatic rings. The third-order valence-electron chi connectivity index (χ3n) is 5.58. The van der Waals surface area contributed by atoms with Crippen molar-refractivity contribution in [3.8, 4) is 0 Å². The predicted molar refractivity (Wildman–Crippen MR) is 111 cm³/mol. The van der Waals surface area contributed by atoms with Gasteiger partial charge in [-0.05, 0) is 43.9 Å². The van der Waals surface area contributed by atoms with Crippen molar-refractivity contribution < 1.29 is 0 Å². The van der Waals surface area contributed by atoms with Gasteiger partial charge in [-0.1, -0.05) is 25.0 Å². The van der Waals surface area contributed by atoms with Crippen LogP contribution in [0.1, 0.15) is 37.7 Å². The molecule has 0 amide bonds. The van der Waals surface area contributed by atoms with Crippen molar-refractivity contribution in [1.29, 1.82) is 0 Å². The van der Waals surface area contributed by atoms with Gasteiger partial charge in [0.05, 0.1) is 0 Å². The lowest BCUT2D eigenvalue weighted by atomic mass is 10.2. The molecule has 0 unspecified atom stereocenters. The second kappa shape index (κ2) is 9.81. The summed E-state index contributed by atoms with van der Waals surface area (Å²) < 4.78 is 0. The lowest BCUT2D eigenvalue weighted by molar-refractivity contribution is 0.256. The second-order valence-electron chi connectivity index (χ2n) is 7.66. The van der Waals surface area contributed by atoms with Gasteiger partial charge in [-0.2, -0.15) is 0 Å². The van der Waals surface area contributed by atoms with Crippen LogP contribution in [-0.4, -0.2) is 68.1 Å². The highest BCUT2D eigenvalue weighted by molar-refractivity contribution is 5.78. The Balaban J connectivity index is 1.35. The Hall–Kier alpha value is -1.75. The monoisotopic (exact) mass is 357 g/mol. The number of aliphatic imine (C=N–C) groups is 1. The average molecular weight is 358 g/mol. The first kappa shape index (κ1) is 19.0. The zero-order chi connectivity index (χ0) is 18.2. The minimum Gasteiger partial charge on any atom is -0.370 e. The van der Waals surface area contributed by atoms with Gasteiger partial charge < -0.3 is 15.5 Å². The Bertz CT molecular complexity index is 570. The third-order valence-corrected chi connectivity index (χ3v) is 5.58. The molecule has 0 atom stereocenters. The number of aryl methyl sites for hydroxylation is 1. The van der Waals surface area contributed by atoms with E-state index >= 15 is 0 Å². The van der Waals surface area contributed by atoms with Gasteiger partial charge in [0.25, 0.3) is 0 Å². The lowest BCUT2D eigenvalue weighted by Crippen LogP contribution is -2.46. The quantitative estimate of drug-likeness (QED) is 0.500. The summed E-state index contributed by atoms with van der Waals surface area (Å²) in [5, 5.41) is 0. The van der Waals surface area contributed by atoms with Gasteiger partial charge in [-0.15, -0.1) is 0 Å². The normalized spacial score (nSPS) is 20.3. The van der Waals surface area contributed by atoms with E-state index in [1.807, 2.05) is 0 Å². The minimum absolute atomic E-state index is 0.760. The highest BCUT2D eigenvalue weighted by Gasteiger charge is 2.17. The number of nitrogens with zero attached hydrogens (tertiary/aromatic N) is 4. The van der Waals surface area contributed by atoms with Crippen molar-refractivity contribution in [3.63, 3.8) is 0 Å². The van der Waals surface area contributed by atoms with Crippen molar-refractivity contribution in [1.82, 2.24) is 9.80 Å². The summed E-state index contributed by atoms with van der Waals surface area (Å²) >= 11 is 0. The van der Waals surface area contributed by atoms with E-state index in [0.717, 1.165) is 64.7 Å². The van der Waals surface area contributed by atoms with Gasteiger partial charge in [0, 0.05) is 58.0 Å². The fraction of sp³-hybridized carbons (Fsp3) is 0.667. The predicted octanol–water partition coefficient (Wildman–Crippen LogP) is 2.70. The molecule has 1 aromatic carbocycles. The van der Waals surface area contributed by atoms with Crippen LogP contribution in [0.3, 0.4) is 0 Å². The Kier molecular flexibility index (Phi) is 7.18. The minimum atomic E-state index is 0.760. The number of nitrogens with two attached hydrogens (primary N) is 1. The van der Waals surface area contributed by atoms with Crippen LogP contribution < -0.4 is 10.6 Å². The van der Waals surface area contributed by atoms with E-state index in [9.17, 15) is 0 Å². The van der Waals surface area contributed by atoms with Crippen molar-refractivity contribution in [2.24, 2.45) is 10.7 Å². The van der Waals surface area contributed by atoms with Crippen LogP contribution in [0.2, 0.25) is 0 Å². The number of likely N-dealkylation sites (tertiary alicyclic amines) is 1. The van der Waals surface area contributed by atoms with E-state index in [1.54, 1.807) is 0 Å². The van der Waals surface area contributed by atoms with E-state index in [-0.39, 0.29) is 0 Å². The highest BCUT2D eigenvalue weighted by atomic mass is 15.3.